The van der Waals surface area contributed by atoms with Gasteiger partial charge in [0.15, 0.2) is 0 Å². The van der Waals surface area contributed by atoms with Crippen molar-refractivity contribution in [3.63, 3.8) is 0 Å². The van der Waals surface area contributed by atoms with Crippen LogP contribution in [0.1, 0.15) is 30.6 Å². The molecule has 4 heteroatoms. The molecule has 1 saturated heterocycles. The number of hydrogen-bond acceptors (Lipinski definition) is 3. The Balaban J connectivity index is 2.00. The Morgan fingerprint density at radius 2 is 2.31 bits per heavy atom. The molecule has 1 N–H and O–H groups in total. The lowest BCUT2D eigenvalue weighted by Gasteiger charge is -2.29. The lowest BCUT2D eigenvalue weighted by Crippen LogP contribution is -2.48. The van der Waals surface area contributed by atoms with Crippen molar-refractivity contribution in [2.75, 3.05) is 13.1 Å². The van der Waals surface area contributed by atoms with Gasteiger partial charge in [-0.3, -0.25) is 4.79 Å². The second-order valence-corrected chi connectivity index (χ2v) is 5.06. The van der Waals surface area contributed by atoms with Gasteiger partial charge in [-0.05, 0) is 30.7 Å². The molecule has 1 aromatic rings. The van der Waals surface area contributed by atoms with Gasteiger partial charge < -0.3 is 5.32 Å². The third-order valence-electron chi connectivity index (χ3n) is 3.67. The summed E-state index contributed by atoms with van der Waals surface area (Å²) in [5.74, 6) is 0.690. The van der Waals surface area contributed by atoms with Gasteiger partial charge in [0.25, 0.3) is 5.56 Å². The SMILES string of the molecule is CC1CCc2nn(C3CNC3)c(=O)cc2C1. The fourth-order valence-electron chi connectivity index (χ4n) is 2.50. The van der Waals surface area contributed by atoms with Crippen LogP contribution in [0.25, 0.3) is 0 Å². The van der Waals surface area contributed by atoms with Gasteiger partial charge in [0.1, 0.15) is 0 Å². The van der Waals surface area contributed by atoms with Crippen LogP contribution < -0.4 is 10.9 Å². The summed E-state index contributed by atoms with van der Waals surface area (Å²) >= 11 is 0. The second-order valence-electron chi connectivity index (χ2n) is 5.06. The van der Waals surface area contributed by atoms with E-state index in [1.165, 1.54) is 12.0 Å². The third-order valence-corrected chi connectivity index (χ3v) is 3.67. The molecule has 4 nitrogen and oxygen atoms in total. The first-order valence-corrected chi connectivity index (χ1v) is 6.06. The molecular weight excluding hydrogens is 202 g/mol. The summed E-state index contributed by atoms with van der Waals surface area (Å²) in [7, 11) is 0. The number of fused-ring (bicyclic) bond motifs is 1. The van der Waals surface area contributed by atoms with Gasteiger partial charge in [-0.2, -0.15) is 5.10 Å². The fraction of sp³-hybridized carbons (Fsp3) is 0.667. The Morgan fingerprint density at radius 3 is 3.00 bits per heavy atom. The van der Waals surface area contributed by atoms with Crippen molar-refractivity contribution in [1.82, 2.24) is 15.1 Å². The molecule has 1 unspecified atom stereocenters. The molecule has 1 aromatic heterocycles. The van der Waals surface area contributed by atoms with E-state index < -0.39 is 0 Å². The largest absolute Gasteiger partial charge is 0.312 e. The summed E-state index contributed by atoms with van der Waals surface area (Å²) in [4.78, 5) is 11.9. The quantitative estimate of drug-likeness (QED) is 0.748. The molecule has 1 atom stereocenters. The van der Waals surface area contributed by atoms with Crippen LogP contribution in [0.5, 0.6) is 0 Å². The van der Waals surface area contributed by atoms with Gasteiger partial charge in [0, 0.05) is 19.2 Å². The first-order valence-electron chi connectivity index (χ1n) is 6.06. The third kappa shape index (κ3) is 1.57. The molecule has 0 aromatic carbocycles. The van der Waals surface area contributed by atoms with E-state index in [2.05, 4.69) is 17.3 Å². The monoisotopic (exact) mass is 219 g/mol. The number of hydrogen-bond donors (Lipinski definition) is 1. The molecule has 0 saturated carbocycles. The summed E-state index contributed by atoms with van der Waals surface area (Å²) in [6, 6.07) is 2.08. The van der Waals surface area contributed by atoms with Gasteiger partial charge in [-0.1, -0.05) is 6.92 Å². The van der Waals surface area contributed by atoms with Crippen molar-refractivity contribution in [2.45, 2.75) is 32.2 Å². The molecule has 16 heavy (non-hydrogen) atoms. The number of aryl methyl sites for hydroxylation is 1. The minimum Gasteiger partial charge on any atom is -0.312 e. The van der Waals surface area contributed by atoms with Crippen molar-refractivity contribution in [1.29, 1.82) is 0 Å². The fourth-order valence-corrected chi connectivity index (χ4v) is 2.50. The van der Waals surface area contributed by atoms with Gasteiger partial charge in [-0.15, -0.1) is 0 Å². The minimum absolute atomic E-state index is 0.0688. The highest BCUT2D eigenvalue weighted by atomic mass is 16.1. The Morgan fingerprint density at radius 1 is 1.50 bits per heavy atom. The molecule has 86 valence electrons. The molecule has 1 aliphatic heterocycles. The lowest BCUT2D eigenvalue weighted by molar-refractivity contribution is 0.301. The highest BCUT2D eigenvalue weighted by Gasteiger charge is 2.24. The van der Waals surface area contributed by atoms with Crippen LogP contribution in [0, 0.1) is 5.92 Å². The highest BCUT2D eigenvalue weighted by Crippen LogP contribution is 2.22. The maximum Gasteiger partial charge on any atom is 0.267 e. The predicted molar refractivity (Wildman–Crippen MR) is 61.6 cm³/mol. The van der Waals surface area contributed by atoms with Gasteiger partial charge in [0.2, 0.25) is 0 Å². The zero-order valence-corrected chi connectivity index (χ0v) is 9.57. The first-order chi connectivity index (χ1) is 7.74. The standard InChI is InChI=1S/C12H17N3O/c1-8-2-3-11-9(4-8)5-12(16)15(14-11)10-6-13-7-10/h5,8,10,13H,2-4,6-7H2,1H3. The normalized spacial score (nSPS) is 24.9. The van der Waals surface area contributed by atoms with Crippen molar-refractivity contribution in [2.24, 2.45) is 5.92 Å². The summed E-state index contributed by atoms with van der Waals surface area (Å²) in [6.45, 7) is 3.99. The molecule has 0 amide bonds. The molecule has 0 radical (unpaired) electrons. The first kappa shape index (κ1) is 10.0. The average molecular weight is 219 g/mol. The molecule has 1 aliphatic carbocycles. The van der Waals surface area contributed by atoms with E-state index >= 15 is 0 Å². The molecule has 3 rings (SSSR count). The van der Waals surface area contributed by atoms with E-state index in [-0.39, 0.29) is 11.6 Å². The highest BCUT2D eigenvalue weighted by molar-refractivity contribution is 5.21. The smallest absolute Gasteiger partial charge is 0.267 e. The van der Waals surface area contributed by atoms with Gasteiger partial charge in [0.05, 0.1) is 11.7 Å². The van der Waals surface area contributed by atoms with Gasteiger partial charge >= 0.3 is 0 Å². The van der Waals surface area contributed by atoms with Crippen LogP contribution in [-0.4, -0.2) is 22.9 Å². The van der Waals surface area contributed by atoms with Gasteiger partial charge in [-0.25, -0.2) is 4.68 Å². The Labute approximate surface area is 94.7 Å². The maximum absolute atomic E-state index is 11.9. The topological polar surface area (TPSA) is 46.9 Å². The van der Waals surface area contributed by atoms with Crippen LogP contribution in [0.15, 0.2) is 10.9 Å². The minimum atomic E-state index is 0.0688. The zero-order valence-electron chi connectivity index (χ0n) is 9.57. The van der Waals surface area contributed by atoms with Crippen molar-refractivity contribution < 1.29 is 0 Å². The zero-order chi connectivity index (χ0) is 11.1. The van der Waals surface area contributed by atoms with Crippen molar-refractivity contribution in [3.8, 4) is 0 Å². The Kier molecular flexibility index (Phi) is 2.32. The molecule has 1 fully saturated rings. The number of nitrogens with one attached hydrogen (secondary N) is 1. The summed E-state index contributed by atoms with van der Waals surface area (Å²) < 4.78 is 1.67. The molecular formula is C12H17N3O. The Bertz CT molecular complexity index is 462. The van der Waals surface area contributed by atoms with E-state index in [1.54, 1.807) is 10.7 Å². The molecule has 2 aliphatic rings. The van der Waals surface area contributed by atoms with E-state index in [4.69, 9.17) is 0 Å². The van der Waals surface area contributed by atoms with E-state index in [1.807, 2.05) is 0 Å². The second kappa shape index (κ2) is 3.70. The number of rotatable bonds is 1. The van der Waals surface area contributed by atoms with Crippen LogP contribution in [-0.2, 0) is 12.8 Å². The van der Waals surface area contributed by atoms with Crippen LogP contribution in [0.4, 0.5) is 0 Å². The van der Waals surface area contributed by atoms with Crippen LogP contribution in [0.3, 0.4) is 0 Å². The molecule has 0 spiro atoms. The van der Waals surface area contributed by atoms with Crippen LogP contribution >= 0.6 is 0 Å². The van der Waals surface area contributed by atoms with Crippen molar-refractivity contribution >= 4 is 0 Å². The average Bonchev–Trinajstić information content (AvgIpc) is 2.16. The van der Waals surface area contributed by atoms with Crippen molar-refractivity contribution in [3.05, 3.63) is 27.7 Å². The summed E-state index contributed by atoms with van der Waals surface area (Å²) in [5.41, 5.74) is 2.39. The number of aromatic nitrogens is 2. The van der Waals surface area contributed by atoms with Crippen LogP contribution in [0.2, 0.25) is 0 Å². The maximum atomic E-state index is 11.9. The lowest BCUT2D eigenvalue weighted by atomic mass is 9.88. The number of nitrogens with zero attached hydrogens (tertiary/aromatic N) is 2. The predicted octanol–water partition coefficient (Wildman–Crippen LogP) is 0.512. The molecule has 0 bridgehead atoms. The van der Waals surface area contributed by atoms with E-state index in [0.29, 0.717) is 5.92 Å². The van der Waals surface area contributed by atoms with E-state index in [0.717, 1.165) is 31.6 Å². The summed E-state index contributed by atoms with van der Waals surface area (Å²) in [6.07, 6.45) is 3.24. The summed E-state index contributed by atoms with van der Waals surface area (Å²) in [5, 5.41) is 7.71. The van der Waals surface area contributed by atoms with E-state index in [9.17, 15) is 4.79 Å². The Hall–Kier alpha value is -1.16. The molecule has 2 heterocycles.